The molecule has 5 heteroatoms. The first-order valence-corrected chi connectivity index (χ1v) is 8.54. The van der Waals surface area contributed by atoms with E-state index in [4.69, 9.17) is 17.0 Å². The first-order valence-electron chi connectivity index (χ1n) is 8.14. The van der Waals surface area contributed by atoms with Gasteiger partial charge in [-0.05, 0) is 41.7 Å². The van der Waals surface area contributed by atoms with Crippen molar-refractivity contribution in [3.63, 3.8) is 0 Å². The van der Waals surface area contributed by atoms with E-state index >= 15 is 0 Å². The van der Waals surface area contributed by atoms with Gasteiger partial charge in [0.15, 0.2) is 5.11 Å². The maximum atomic E-state index is 11.5. The Morgan fingerprint density at radius 2 is 1.83 bits per heavy atom. The van der Waals surface area contributed by atoms with Crippen molar-refractivity contribution in [1.82, 2.24) is 5.32 Å². The van der Waals surface area contributed by atoms with E-state index < -0.39 is 0 Å². The zero-order valence-corrected chi connectivity index (χ0v) is 15.4. The van der Waals surface area contributed by atoms with Crippen molar-refractivity contribution in [1.29, 1.82) is 0 Å². The molecule has 0 fully saturated rings. The summed E-state index contributed by atoms with van der Waals surface area (Å²) >= 11 is 5.18. The van der Waals surface area contributed by atoms with E-state index in [9.17, 15) is 4.79 Å². The minimum Gasteiger partial charge on any atom is -0.464 e. The summed E-state index contributed by atoms with van der Waals surface area (Å²) < 4.78 is 5.11. The van der Waals surface area contributed by atoms with Gasteiger partial charge >= 0.3 is 5.97 Å². The molecule has 2 N–H and O–H groups in total. The van der Waals surface area contributed by atoms with Crippen molar-refractivity contribution in [2.45, 2.75) is 52.4 Å². The van der Waals surface area contributed by atoms with Crippen LogP contribution in [-0.2, 0) is 14.9 Å². The molecule has 23 heavy (non-hydrogen) atoms. The molecule has 0 heterocycles. The smallest absolute Gasteiger partial charge is 0.325 e. The SMILES string of the molecule is CCCCCOC(=O)CNC(=S)Nc1ccc(C(C)(C)C)cc1. The second-order valence-corrected chi connectivity index (χ2v) is 6.97. The van der Waals surface area contributed by atoms with Gasteiger partial charge in [-0.15, -0.1) is 0 Å². The Morgan fingerprint density at radius 3 is 2.39 bits per heavy atom. The highest BCUT2D eigenvalue weighted by Crippen LogP contribution is 2.23. The normalized spacial score (nSPS) is 11.0. The molecule has 0 aliphatic heterocycles. The van der Waals surface area contributed by atoms with Crippen LogP contribution in [0.3, 0.4) is 0 Å². The average molecular weight is 337 g/mol. The Labute approximate surface area is 145 Å². The predicted octanol–water partition coefficient (Wildman–Crippen LogP) is 4.00. The number of carbonyl (C=O) groups excluding carboxylic acids is 1. The number of nitrogens with one attached hydrogen (secondary N) is 2. The van der Waals surface area contributed by atoms with Crippen LogP contribution in [0.2, 0.25) is 0 Å². The van der Waals surface area contributed by atoms with Gasteiger partial charge in [0, 0.05) is 5.69 Å². The molecular weight excluding hydrogens is 308 g/mol. The highest BCUT2D eigenvalue weighted by atomic mass is 32.1. The van der Waals surface area contributed by atoms with E-state index in [1.54, 1.807) is 0 Å². The van der Waals surface area contributed by atoms with Crippen molar-refractivity contribution in [3.8, 4) is 0 Å². The summed E-state index contributed by atoms with van der Waals surface area (Å²) in [6.45, 7) is 9.19. The molecule has 0 radical (unpaired) electrons. The number of unbranched alkanes of at least 4 members (excludes halogenated alkanes) is 2. The Morgan fingerprint density at radius 1 is 1.17 bits per heavy atom. The molecule has 0 bridgehead atoms. The van der Waals surface area contributed by atoms with Gasteiger partial charge in [-0.25, -0.2) is 0 Å². The number of hydrogen-bond donors (Lipinski definition) is 2. The summed E-state index contributed by atoms with van der Waals surface area (Å²) in [5, 5.41) is 6.34. The van der Waals surface area contributed by atoms with Crippen LogP contribution < -0.4 is 10.6 Å². The molecule has 0 aromatic heterocycles. The molecule has 0 amide bonds. The van der Waals surface area contributed by atoms with Gasteiger partial charge in [-0.1, -0.05) is 52.7 Å². The average Bonchev–Trinajstić information content (AvgIpc) is 2.49. The maximum absolute atomic E-state index is 11.5. The Balaban J connectivity index is 2.32. The molecule has 0 aliphatic carbocycles. The van der Waals surface area contributed by atoms with Crippen LogP contribution in [-0.4, -0.2) is 24.2 Å². The summed E-state index contributed by atoms with van der Waals surface area (Å²) in [5.74, 6) is -0.284. The highest BCUT2D eigenvalue weighted by molar-refractivity contribution is 7.80. The van der Waals surface area contributed by atoms with Gasteiger partial charge in [-0.2, -0.15) is 0 Å². The van der Waals surface area contributed by atoms with Crippen LogP contribution in [0.15, 0.2) is 24.3 Å². The van der Waals surface area contributed by atoms with Crippen molar-refractivity contribution in [2.75, 3.05) is 18.5 Å². The number of anilines is 1. The van der Waals surface area contributed by atoms with E-state index in [-0.39, 0.29) is 17.9 Å². The Kier molecular flexibility index (Phi) is 8.03. The van der Waals surface area contributed by atoms with Crippen LogP contribution in [0.4, 0.5) is 5.69 Å². The molecule has 0 saturated carbocycles. The molecular formula is C18H28N2O2S. The lowest BCUT2D eigenvalue weighted by Crippen LogP contribution is -2.34. The van der Waals surface area contributed by atoms with E-state index in [1.165, 1.54) is 5.56 Å². The van der Waals surface area contributed by atoms with Gasteiger partial charge in [-0.3, -0.25) is 4.79 Å². The number of carbonyl (C=O) groups is 1. The topological polar surface area (TPSA) is 50.4 Å². The lowest BCUT2D eigenvalue weighted by Gasteiger charge is -2.19. The number of esters is 1. The molecule has 1 aromatic carbocycles. The number of ether oxygens (including phenoxy) is 1. The highest BCUT2D eigenvalue weighted by Gasteiger charge is 2.13. The summed E-state index contributed by atoms with van der Waals surface area (Å²) in [4.78, 5) is 11.5. The molecule has 1 rings (SSSR count). The van der Waals surface area contributed by atoms with E-state index in [2.05, 4.69) is 50.5 Å². The van der Waals surface area contributed by atoms with E-state index in [1.807, 2.05) is 12.1 Å². The van der Waals surface area contributed by atoms with Crippen molar-refractivity contribution in [3.05, 3.63) is 29.8 Å². The van der Waals surface area contributed by atoms with E-state index in [0.29, 0.717) is 11.7 Å². The summed E-state index contributed by atoms with van der Waals surface area (Å²) in [5.41, 5.74) is 2.28. The zero-order valence-electron chi connectivity index (χ0n) is 14.6. The molecule has 128 valence electrons. The molecule has 0 atom stereocenters. The summed E-state index contributed by atoms with van der Waals surface area (Å²) in [6, 6.07) is 8.12. The quantitative estimate of drug-likeness (QED) is 0.448. The van der Waals surface area contributed by atoms with Crippen molar-refractivity contribution >= 4 is 29.0 Å². The van der Waals surface area contributed by atoms with Crippen LogP contribution in [0, 0.1) is 0 Å². The largest absolute Gasteiger partial charge is 0.464 e. The first-order chi connectivity index (χ1) is 10.8. The lowest BCUT2D eigenvalue weighted by molar-refractivity contribution is -0.142. The van der Waals surface area contributed by atoms with Crippen LogP contribution in [0.5, 0.6) is 0 Å². The molecule has 0 saturated heterocycles. The van der Waals surface area contributed by atoms with Crippen LogP contribution >= 0.6 is 12.2 Å². The monoisotopic (exact) mass is 336 g/mol. The minimum atomic E-state index is -0.284. The fourth-order valence-corrected chi connectivity index (χ4v) is 2.16. The second kappa shape index (κ2) is 9.50. The standard InChI is InChI=1S/C18H28N2O2S/c1-5-6-7-12-22-16(21)13-19-17(23)20-15-10-8-14(9-11-15)18(2,3)4/h8-11H,5-7,12-13H2,1-4H3,(H2,19,20,23). The first kappa shape index (κ1) is 19.4. The number of benzene rings is 1. The molecule has 0 unspecified atom stereocenters. The Bertz CT molecular complexity index is 507. The zero-order chi connectivity index (χ0) is 17.3. The van der Waals surface area contributed by atoms with Crippen LogP contribution in [0.25, 0.3) is 0 Å². The Hall–Kier alpha value is -1.62. The second-order valence-electron chi connectivity index (χ2n) is 6.56. The fraction of sp³-hybridized carbons (Fsp3) is 0.556. The van der Waals surface area contributed by atoms with Gasteiger partial charge in [0.25, 0.3) is 0 Å². The summed E-state index contributed by atoms with van der Waals surface area (Å²) in [7, 11) is 0. The molecule has 0 spiro atoms. The van der Waals surface area contributed by atoms with Crippen molar-refractivity contribution in [2.24, 2.45) is 0 Å². The third-order valence-corrected chi connectivity index (χ3v) is 3.66. The third-order valence-electron chi connectivity index (χ3n) is 3.41. The van der Waals surface area contributed by atoms with Gasteiger partial charge in [0.05, 0.1) is 6.61 Å². The molecule has 0 aliphatic rings. The summed E-state index contributed by atoms with van der Waals surface area (Å²) in [6.07, 6.45) is 3.09. The molecule has 1 aromatic rings. The maximum Gasteiger partial charge on any atom is 0.325 e. The van der Waals surface area contributed by atoms with Gasteiger partial charge in [0.2, 0.25) is 0 Å². The fourth-order valence-electron chi connectivity index (χ4n) is 1.97. The minimum absolute atomic E-state index is 0.0814. The van der Waals surface area contributed by atoms with Crippen molar-refractivity contribution < 1.29 is 9.53 Å². The van der Waals surface area contributed by atoms with Gasteiger partial charge < -0.3 is 15.4 Å². The number of thiocarbonyl (C=S) groups is 1. The number of hydrogen-bond acceptors (Lipinski definition) is 3. The van der Waals surface area contributed by atoms with E-state index in [0.717, 1.165) is 24.9 Å². The predicted molar refractivity (Wildman–Crippen MR) is 99.8 cm³/mol. The molecule has 4 nitrogen and oxygen atoms in total. The number of rotatable bonds is 7. The van der Waals surface area contributed by atoms with Gasteiger partial charge in [0.1, 0.15) is 6.54 Å². The lowest BCUT2D eigenvalue weighted by atomic mass is 9.87. The van der Waals surface area contributed by atoms with Crippen LogP contribution in [0.1, 0.15) is 52.5 Å². The third kappa shape index (κ3) is 7.98.